The molecule has 0 aliphatic carbocycles. The summed E-state index contributed by atoms with van der Waals surface area (Å²) in [6.45, 7) is 11.5. The average molecular weight is 766 g/mol. The fourth-order valence-electron chi connectivity index (χ4n) is 7.72. The van der Waals surface area contributed by atoms with E-state index < -0.39 is 36.1 Å². The SMILES string of the molecule is CC(C)[C@@H](O)C(=O)N[C@@H](C)C(=O)N1CCCC1c1ncc(-c2ccc(-c3ccc(C4=CN=C([C@@H]5CCCN5C(=O)[C@H](C)NC(=O)[C@H](O)C(C)C)C4)cc3)cc2)[nH]1. The summed E-state index contributed by atoms with van der Waals surface area (Å²) >= 11 is 0. The zero-order chi connectivity index (χ0) is 40.3. The fraction of sp³-hybridized carbons (Fsp3) is 0.488. The van der Waals surface area contributed by atoms with E-state index in [1.807, 2.05) is 23.2 Å². The minimum absolute atomic E-state index is 0.123. The zero-order valence-electron chi connectivity index (χ0n) is 33.2. The Bertz CT molecular complexity index is 1970. The van der Waals surface area contributed by atoms with Gasteiger partial charge in [0.1, 0.15) is 30.1 Å². The number of carbonyl (C=O) groups is 4. The van der Waals surface area contributed by atoms with E-state index in [1.165, 1.54) is 0 Å². The van der Waals surface area contributed by atoms with Crippen LogP contribution in [0.4, 0.5) is 0 Å². The number of benzene rings is 2. The predicted octanol–water partition coefficient (Wildman–Crippen LogP) is 4.63. The largest absolute Gasteiger partial charge is 0.383 e. The highest BCUT2D eigenvalue weighted by Crippen LogP contribution is 2.34. The first kappa shape index (κ1) is 40.5. The van der Waals surface area contributed by atoms with Crippen LogP contribution >= 0.6 is 0 Å². The number of imidazole rings is 1. The number of aromatic nitrogens is 2. The molecule has 3 aromatic rings. The summed E-state index contributed by atoms with van der Waals surface area (Å²) in [4.78, 5) is 67.8. The molecular weight excluding hydrogens is 711 g/mol. The Morgan fingerprint density at radius 2 is 1.16 bits per heavy atom. The van der Waals surface area contributed by atoms with Gasteiger partial charge in [-0.05, 0) is 79.2 Å². The molecule has 2 fully saturated rings. The Hall–Kier alpha value is -5.14. The number of rotatable bonds is 13. The van der Waals surface area contributed by atoms with Gasteiger partial charge in [-0.15, -0.1) is 0 Å². The van der Waals surface area contributed by atoms with Gasteiger partial charge >= 0.3 is 0 Å². The molecule has 0 bridgehead atoms. The average Bonchev–Trinajstić information content (AvgIpc) is 4.03. The maximum Gasteiger partial charge on any atom is 0.249 e. The Morgan fingerprint density at radius 3 is 1.68 bits per heavy atom. The van der Waals surface area contributed by atoms with Crippen molar-refractivity contribution >= 4 is 34.9 Å². The van der Waals surface area contributed by atoms with Crippen LogP contribution in [0.2, 0.25) is 0 Å². The van der Waals surface area contributed by atoms with E-state index >= 15 is 0 Å². The van der Waals surface area contributed by atoms with Crippen LogP contribution in [0.1, 0.15) is 91.1 Å². The Labute approximate surface area is 328 Å². The van der Waals surface area contributed by atoms with E-state index in [9.17, 15) is 29.4 Å². The second kappa shape index (κ2) is 17.3. The minimum atomic E-state index is -1.17. The molecule has 0 radical (unpaired) electrons. The summed E-state index contributed by atoms with van der Waals surface area (Å²) < 4.78 is 0. The number of H-pyrrole nitrogens is 1. The third kappa shape index (κ3) is 8.79. The number of hydrogen-bond acceptors (Lipinski definition) is 8. The minimum Gasteiger partial charge on any atom is -0.383 e. The lowest BCUT2D eigenvalue weighted by Crippen LogP contribution is -2.52. The topological polar surface area (TPSA) is 180 Å². The monoisotopic (exact) mass is 765 g/mol. The van der Waals surface area contributed by atoms with Crippen LogP contribution in [0.25, 0.3) is 28.0 Å². The summed E-state index contributed by atoms with van der Waals surface area (Å²) in [6, 6.07) is 14.7. The van der Waals surface area contributed by atoms with Gasteiger partial charge in [0, 0.05) is 31.4 Å². The molecule has 4 amide bonds. The molecular formula is C43H55N7O6. The molecule has 3 aliphatic rings. The lowest BCUT2D eigenvalue weighted by Gasteiger charge is -2.29. The van der Waals surface area contributed by atoms with Crippen LogP contribution in [0, 0.1) is 11.8 Å². The second-order valence-electron chi connectivity index (χ2n) is 16.0. The number of aliphatic hydroxyl groups is 2. The van der Waals surface area contributed by atoms with Gasteiger partial charge in [0.2, 0.25) is 23.6 Å². The van der Waals surface area contributed by atoms with Gasteiger partial charge in [0.05, 0.1) is 24.0 Å². The highest BCUT2D eigenvalue weighted by molar-refractivity contribution is 6.04. The van der Waals surface area contributed by atoms with Gasteiger partial charge in [-0.25, -0.2) is 4.98 Å². The molecule has 0 spiro atoms. The first-order chi connectivity index (χ1) is 26.7. The lowest BCUT2D eigenvalue weighted by molar-refractivity contribution is -0.140. The molecule has 56 heavy (non-hydrogen) atoms. The van der Waals surface area contributed by atoms with E-state index in [1.54, 1.807) is 52.6 Å². The molecule has 6 rings (SSSR count). The molecule has 3 aliphatic heterocycles. The summed E-state index contributed by atoms with van der Waals surface area (Å²) in [6.07, 6.45) is 5.26. The number of nitrogens with zero attached hydrogens (tertiary/aromatic N) is 4. The summed E-state index contributed by atoms with van der Waals surface area (Å²) in [5.74, 6) is -1.24. The molecule has 13 heteroatoms. The van der Waals surface area contributed by atoms with Crippen molar-refractivity contribution in [1.29, 1.82) is 0 Å². The Kier molecular flexibility index (Phi) is 12.5. The van der Waals surface area contributed by atoms with Gasteiger partial charge in [-0.1, -0.05) is 76.2 Å². The molecule has 2 aromatic carbocycles. The van der Waals surface area contributed by atoms with Crippen molar-refractivity contribution in [1.82, 2.24) is 30.4 Å². The number of aliphatic imine (C=N–C) groups is 1. The highest BCUT2D eigenvalue weighted by Gasteiger charge is 2.37. The van der Waals surface area contributed by atoms with Crippen molar-refractivity contribution in [3.05, 3.63) is 72.3 Å². The molecule has 1 unspecified atom stereocenters. The lowest BCUT2D eigenvalue weighted by atomic mass is 9.96. The van der Waals surface area contributed by atoms with E-state index in [2.05, 4.69) is 57.0 Å². The first-order valence-electron chi connectivity index (χ1n) is 19.8. The second-order valence-corrected chi connectivity index (χ2v) is 16.0. The van der Waals surface area contributed by atoms with Gasteiger partial charge < -0.3 is 35.6 Å². The van der Waals surface area contributed by atoms with Crippen LogP contribution in [-0.2, 0) is 19.2 Å². The van der Waals surface area contributed by atoms with Crippen LogP contribution in [0.3, 0.4) is 0 Å². The van der Waals surface area contributed by atoms with Gasteiger partial charge in [0.25, 0.3) is 0 Å². The van der Waals surface area contributed by atoms with Crippen LogP contribution in [-0.4, -0.2) is 103 Å². The molecule has 2 saturated heterocycles. The van der Waals surface area contributed by atoms with Crippen molar-refractivity contribution in [3.63, 3.8) is 0 Å². The van der Waals surface area contributed by atoms with Crippen LogP contribution in [0.5, 0.6) is 0 Å². The number of aromatic amines is 1. The van der Waals surface area contributed by atoms with Crippen molar-refractivity contribution in [2.45, 2.75) is 110 Å². The smallest absolute Gasteiger partial charge is 0.249 e. The third-order valence-corrected chi connectivity index (χ3v) is 11.2. The summed E-state index contributed by atoms with van der Waals surface area (Å²) in [7, 11) is 0. The number of likely N-dealkylation sites (tertiary alicyclic amines) is 2. The zero-order valence-corrected chi connectivity index (χ0v) is 33.2. The van der Waals surface area contributed by atoms with Gasteiger partial charge in [0.15, 0.2) is 0 Å². The number of amides is 4. The van der Waals surface area contributed by atoms with Gasteiger partial charge in [-0.2, -0.15) is 0 Å². The number of allylic oxidation sites excluding steroid dienone is 1. The predicted molar refractivity (Wildman–Crippen MR) is 215 cm³/mol. The number of carbonyl (C=O) groups excluding carboxylic acids is 4. The van der Waals surface area contributed by atoms with Crippen molar-refractivity contribution in [2.24, 2.45) is 16.8 Å². The fourth-order valence-corrected chi connectivity index (χ4v) is 7.72. The quantitative estimate of drug-likeness (QED) is 0.168. The van der Waals surface area contributed by atoms with Crippen LogP contribution in [0.15, 0.2) is 65.9 Å². The molecule has 1 aromatic heterocycles. The summed E-state index contributed by atoms with van der Waals surface area (Å²) in [5.41, 5.74) is 7.04. The van der Waals surface area contributed by atoms with E-state index in [0.29, 0.717) is 25.3 Å². The highest BCUT2D eigenvalue weighted by atomic mass is 16.3. The summed E-state index contributed by atoms with van der Waals surface area (Å²) in [5, 5.41) is 25.5. The first-order valence-corrected chi connectivity index (χ1v) is 19.8. The maximum absolute atomic E-state index is 13.4. The van der Waals surface area contributed by atoms with Crippen molar-refractivity contribution in [3.8, 4) is 22.4 Å². The molecule has 6 atom stereocenters. The van der Waals surface area contributed by atoms with Crippen molar-refractivity contribution < 1.29 is 29.4 Å². The van der Waals surface area contributed by atoms with E-state index in [-0.39, 0.29) is 35.7 Å². The molecule has 4 heterocycles. The van der Waals surface area contributed by atoms with E-state index in [4.69, 9.17) is 4.99 Å². The number of hydrogen-bond donors (Lipinski definition) is 5. The molecule has 0 saturated carbocycles. The number of aliphatic hydroxyl groups excluding tert-OH is 2. The van der Waals surface area contributed by atoms with Crippen LogP contribution < -0.4 is 10.6 Å². The standard InChI is InChI=1S/C43H55N7O6/c1-24(2)37(51)40(53)46-26(5)42(55)49-19-7-9-35(49)33-21-32(22-44-33)30-13-11-28(12-14-30)29-15-17-31(18-16-29)34-23-45-39(48-34)36-10-8-20-50(36)43(56)27(6)47-41(54)38(52)25(3)4/h11-18,22-27,35-38,51-52H,7-10,19-21H2,1-6H3,(H,45,48)(H,46,53)(H,47,54)/t26-,27-,35-,36?,37+,38+/m0/s1. The number of nitrogens with one attached hydrogen (secondary N) is 3. The molecule has 13 nitrogen and oxygen atoms in total. The Balaban J connectivity index is 1.04. The Morgan fingerprint density at radius 1 is 0.696 bits per heavy atom. The third-order valence-electron chi connectivity index (χ3n) is 11.2. The normalized spacial score (nSPS) is 20.5. The maximum atomic E-state index is 13.4. The van der Waals surface area contributed by atoms with Crippen molar-refractivity contribution in [2.75, 3.05) is 13.1 Å². The van der Waals surface area contributed by atoms with Gasteiger partial charge in [-0.3, -0.25) is 24.2 Å². The molecule has 5 N–H and O–H groups in total. The molecule has 298 valence electrons. The van der Waals surface area contributed by atoms with E-state index in [0.717, 1.165) is 64.9 Å².